The van der Waals surface area contributed by atoms with E-state index in [2.05, 4.69) is 42.7 Å². The number of benzene rings is 2. The van der Waals surface area contributed by atoms with Crippen LogP contribution in [0.25, 0.3) is 0 Å². The van der Waals surface area contributed by atoms with Crippen molar-refractivity contribution < 1.29 is 29.4 Å². The van der Waals surface area contributed by atoms with E-state index >= 15 is 0 Å². The Morgan fingerprint density at radius 3 is 0.840 bits per heavy atom. The first-order chi connectivity index (χ1) is 11.4. The lowest BCUT2D eigenvalue weighted by Crippen LogP contribution is -1.65. The van der Waals surface area contributed by atoms with Crippen LogP contribution < -0.4 is 0 Å². The van der Waals surface area contributed by atoms with E-state index in [4.69, 9.17) is 29.4 Å². The zero-order valence-electron chi connectivity index (χ0n) is 14.2. The van der Waals surface area contributed by atoms with Crippen LogP contribution in [0.1, 0.15) is 19.4 Å². The molecule has 6 nitrogen and oxygen atoms in total. The van der Waals surface area contributed by atoms with Crippen molar-refractivity contribution in [3.63, 3.8) is 0 Å². The third-order valence-corrected chi connectivity index (χ3v) is 1.61. The molecule has 0 bridgehead atoms. The first kappa shape index (κ1) is 29.3. The molecule has 10 heteroatoms. The molecular weight excluding hydrogens is 402 g/mol. The molecule has 25 heavy (non-hydrogen) atoms. The number of aryl methyl sites for hydroxylation is 1. The summed E-state index contributed by atoms with van der Waals surface area (Å²) in [5, 5.41) is 0. The summed E-state index contributed by atoms with van der Waals surface area (Å²) in [6.45, 7) is -1.53. The Labute approximate surface area is 159 Å². The maximum atomic E-state index is 7.56. The lowest BCUT2D eigenvalue weighted by atomic mass is 10.2. The average molecular weight is 428 g/mol. The highest BCUT2D eigenvalue weighted by Crippen LogP contribution is 2.26. The van der Waals surface area contributed by atoms with E-state index in [-0.39, 0.29) is 0 Å². The van der Waals surface area contributed by atoms with Crippen LogP contribution in [0.3, 0.4) is 0 Å². The highest BCUT2D eigenvalue weighted by atomic mass is 32.5. The number of hydrogen-bond acceptors (Lipinski definition) is 2. The molecule has 0 saturated heterocycles. The Balaban J connectivity index is -0.000000253. The van der Waals surface area contributed by atoms with Crippen LogP contribution in [0.15, 0.2) is 66.7 Å². The Morgan fingerprint density at radius 1 is 0.560 bits per heavy atom. The van der Waals surface area contributed by atoms with Gasteiger partial charge in [0.1, 0.15) is 0 Å². The van der Waals surface area contributed by atoms with E-state index in [0.717, 1.165) is 0 Å². The van der Waals surface area contributed by atoms with Gasteiger partial charge in [-0.1, -0.05) is 86.1 Å². The summed E-state index contributed by atoms with van der Waals surface area (Å²) in [5.41, 5.74) is 1.32. The molecule has 2 rings (SSSR count). The zero-order chi connectivity index (χ0) is 20.4. The Bertz CT molecular complexity index is 524. The van der Waals surface area contributed by atoms with Crippen molar-refractivity contribution in [2.24, 2.45) is 0 Å². The zero-order valence-corrected chi connectivity index (χ0v) is 17.7. The van der Waals surface area contributed by atoms with Crippen LogP contribution in [0, 0.1) is 6.92 Å². The van der Waals surface area contributed by atoms with Crippen molar-refractivity contribution in [1.82, 2.24) is 0 Å². The molecule has 0 aromatic heterocycles. The van der Waals surface area contributed by atoms with Gasteiger partial charge in [-0.3, -0.25) is 0 Å². The Morgan fingerprint density at radius 2 is 0.720 bits per heavy atom. The van der Waals surface area contributed by atoms with Gasteiger partial charge < -0.3 is 29.4 Å². The molecule has 0 radical (unpaired) electrons. The second-order valence-corrected chi connectivity index (χ2v) is 8.83. The monoisotopic (exact) mass is 428 g/mol. The molecule has 0 fully saturated rings. The van der Waals surface area contributed by atoms with Gasteiger partial charge in [0.05, 0.1) is 0 Å². The predicted molar refractivity (Wildman–Crippen MR) is 111 cm³/mol. The van der Waals surface area contributed by atoms with Crippen molar-refractivity contribution in [3.8, 4) is 0 Å². The Kier molecular flexibility index (Phi) is 21.4. The van der Waals surface area contributed by atoms with E-state index < -0.39 is 13.4 Å². The number of hydrogen-bond donors (Lipinski definition) is 6. The van der Waals surface area contributed by atoms with Gasteiger partial charge in [-0.05, 0) is 30.5 Å². The second kappa shape index (κ2) is 18.3. The minimum Gasteiger partial charge on any atom is -0.325 e. The van der Waals surface area contributed by atoms with E-state index in [1.807, 2.05) is 68.4 Å². The molecule has 0 aliphatic rings. The topological polar surface area (TPSA) is 121 Å². The van der Waals surface area contributed by atoms with Crippen LogP contribution in [-0.4, -0.2) is 29.4 Å². The maximum absolute atomic E-state index is 7.56. The molecule has 0 amide bonds. The molecule has 0 unspecified atom stereocenters. The molecule has 2 aromatic rings. The van der Waals surface area contributed by atoms with E-state index in [1.54, 1.807) is 0 Å². The molecule has 0 aliphatic heterocycles. The maximum Gasteiger partial charge on any atom is 0.319 e. The second-order valence-electron chi connectivity index (χ2n) is 3.84. The van der Waals surface area contributed by atoms with Crippen LogP contribution in [0.2, 0.25) is 0 Å². The summed E-state index contributed by atoms with van der Waals surface area (Å²) in [4.78, 5) is 45.3. The first-order valence-electron chi connectivity index (χ1n) is 6.98. The summed E-state index contributed by atoms with van der Waals surface area (Å²) in [6, 6.07) is 22.3. The van der Waals surface area contributed by atoms with Gasteiger partial charge >= 0.3 is 13.4 Å². The molecule has 0 heterocycles. The van der Waals surface area contributed by atoms with Gasteiger partial charge in [0.25, 0.3) is 0 Å². The fraction of sp³-hybridized carbons (Fsp3) is 0.200. The summed E-state index contributed by atoms with van der Waals surface area (Å²) >= 11 is 7.21. The van der Waals surface area contributed by atoms with Crippen LogP contribution in [-0.2, 0) is 23.6 Å². The highest BCUT2D eigenvalue weighted by molar-refractivity contribution is 8.06. The van der Waals surface area contributed by atoms with E-state index in [9.17, 15) is 0 Å². The lowest BCUT2D eigenvalue weighted by Gasteiger charge is -1.88. The highest BCUT2D eigenvalue weighted by Gasteiger charge is 1.92. The summed E-state index contributed by atoms with van der Waals surface area (Å²) in [5.74, 6) is 0. The molecule has 6 N–H and O–H groups in total. The van der Waals surface area contributed by atoms with Crippen molar-refractivity contribution in [3.05, 3.63) is 72.3 Å². The minimum absolute atomic E-state index is 1.32. The van der Waals surface area contributed by atoms with Crippen LogP contribution in [0.4, 0.5) is 0 Å². The summed E-state index contributed by atoms with van der Waals surface area (Å²) in [7, 11) is 0. The molecule has 2 aromatic carbocycles. The molecule has 0 saturated carbocycles. The SMILES string of the molecule is CC.Cc1ccccc1.OP(O)(O)=S.OP(O)(O)=S.c1ccccc1. The van der Waals surface area contributed by atoms with E-state index in [0.29, 0.717) is 0 Å². The third-order valence-electron chi connectivity index (χ3n) is 1.61. The van der Waals surface area contributed by atoms with Gasteiger partial charge in [0.15, 0.2) is 0 Å². The molecule has 0 atom stereocenters. The fourth-order valence-electron chi connectivity index (χ4n) is 0.919. The molecule has 0 spiro atoms. The standard InChI is InChI=1S/C7H8.C6H6.C2H6.2H3O3PS/c1-7-5-3-2-4-6-7;1-2-4-6-5-3-1;1-2;2*1-4(2,3)5/h2-6H,1H3;1-6H;1-2H3;2*(H3,1,2,3,5). The van der Waals surface area contributed by atoms with Crippen LogP contribution >= 0.6 is 13.4 Å². The van der Waals surface area contributed by atoms with Crippen molar-refractivity contribution in [2.75, 3.05) is 0 Å². The van der Waals surface area contributed by atoms with Gasteiger partial charge in [0.2, 0.25) is 0 Å². The molecule has 0 aliphatic carbocycles. The summed E-state index contributed by atoms with van der Waals surface area (Å²) < 4.78 is 0. The fourth-order valence-corrected chi connectivity index (χ4v) is 0.919. The average Bonchev–Trinajstić information content (AvgIpc) is 2.49. The molecule has 144 valence electrons. The first-order valence-corrected chi connectivity index (χ1v) is 12.3. The van der Waals surface area contributed by atoms with Gasteiger partial charge in [0, 0.05) is 0 Å². The lowest BCUT2D eigenvalue weighted by molar-refractivity contribution is 0.361. The van der Waals surface area contributed by atoms with Gasteiger partial charge in [-0.25, -0.2) is 0 Å². The molecular formula is C15H26O6P2S2. The normalized spacial score (nSPS) is 9.32. The number of rotatable bonds is 0. The summed E-state index contributed by atoms with van der Waals surface area (Å²) in [6.07, 6.45) is 0. The third kappa shape index (κ3) is 59.6. The smallest absolute Gasteiger partial charge is 0.319 e. The van der Waals surface area contributed by atoms with E-state index in [1.165, 1.54) is 5.56 Å². The van der Waals surface area contributed by atoms with Gasteiger partial charge in [-0.2, -0.15) is 0 Å². The van der Waals surface area contributed by atoms with Crippen molar-refractivity contribution in [2.45, 2.75) is 20.8 Å². The van der Waals surface area contributed by atoms with Gasteiger partial charge in [-0.15, -0.1) is 0 Å². The Hall–Kier alpha value is -0.500. The predicted octanol–water partition coefficient (Wildman–Crippen LogP) is 3.08. The quantitative estimate of drug-likeness (QED) is 0.354. The van der Waals surface area contributed by atoms with Crippen LogP contribution in [0.5, 0.6) is 0 Å². The largest absolute Gasteiger partial charge is 0.325 e. The van der Waals surface area contributed by atoms with Crippen molar-refractivity contribution in [1.29, 1.82) is 0 Å². The minimum atomic E-state index is -3.81. The van der Waals surface area contributed by atoms with Crippen molar-refractivity contribution >= 4 is 37.1 Å².